The van der Waals surface area contributed by atoms with E-state index in [2.05, 4.69) is 38.1 Å². The number of aromatic nitrogens is 1. The van der Waals surface area contributed by atoms with E-state index in [0.29, 0.717) is 31.1 Å². The first-order valence-corrected chi connectivity index (χ1v) is 10.5. The molecule has 0 saturated carbocycles. The second-order valence-corrected chi connectivity index (χ2v) is 8.41. The van der Waals surface area contributed by atoms with Gasteiger partial charge in [-0.1, -0.05) is 11.8 Å². The van der Waals surface area contributed by atoms with E-state index in [1.807, 2.05) is 6.07 Å². The van der Waals surface area contributed by atoms with Gasteiger partial charge in [-0.2, -0.15) is 0 Å². The van der Waals surface area contributed by atoms with Gasteiger partial charge in [0.05, 0.1) is 19.0 Å². The van der Waals surface area contributed by atoms with Crippen molar-refractivity contribution in [2.45, 2.75) is 38.3 Å². The van der Waals surface area contributed by atoms with Crippen molar-refractivity contribution >= 4 is 50.6 Å². The van der Waals surface area contributed by atoms with E-state index in [1.165, 1.54) is 0 Å². The molecular weight excluding hydrogens is 436 g/mol. The van der Waals surface area contributed by atoms with Gasteiger partial charge < -0.3 is 20.1 Å². The Hall–Kier alpha value is -1.81. The average molecular weight is 457 g/mol. The number of carboxylic acid groups (broad SMARTS) is 1. The molecule has 3 heterocycles. The predicted octanol–water partition coefficient (Wildman–Crippen LogP) is 2.59. The minimum absolute atomic E-state index is 0.0164. The summed E-state index contributed by atoms with van der Waals surface area (Å²) < 4.78 is 6.90. The second kappa shape index (κ2) is 8.92. The third-order valence-electron chi connectivity index (χ3n) is 4.19. The summed E-state index contributed by atoms with van der Waals surface area (Å²) in [4.78, 5) is 33.3. The Morgan fingerprint density at radius 3 is 3.00 bits per heavy atom. The van der Waals surface area contributed by atoms with Gasteiger partial charge in [-0.05, 0) is 28.9 Å². The first-order chi connectivity index (χ1) is 12.9. The van der Waals surface area contributed by atoms with Crippen LogP contribution in [0.2, 0.25) is 0 Å². The van der Waals surface area contributed by atoms with Crippen LogP contribution < -0.4 is 10.1 Å². The number of nitrogens with zero attached hydrogens (tertiary/aromatic N) is 3. The summed E-state index contributed by atoms with van der Waals surface area (Å²) in [5.74, 6) is 1.00. The number of carbonyl (C=O) groups is 2. The van der Waals surface area contributed by atoms with Crippen LogP contribution in [0, 0.1) is 0 Å². The number of ether oxygens (including phenoxy) is 1. The molecule has 0 aromatic carbocycles. The number of aliphatic imine (C=N–C) groups is 1. The van der Waals surface area contributed by atoms with E-state index in [4.69, 9.17) is 9.84 Å². The number of thioether (sulfide) groups is 1. The minimum Gasteiger partial charge on any atom is -0.485 e. The zero-order chi connectivity index (χ0) is 19.4. The maximum absolute atomic E-state index is 12.1. The number of amides is 1. The maximum Gasteiger partial charge on any atom is 0.303 e. The molecule has 2 aliphatic rings. The molecule has 2 unspecified atom stereocenters. The van der Waals surface area contributed by atoms with Gasteiger partial charge in [-0.15, -0.1) is 0 Å². The van der Waals surface area contributed by atoms with Crippen LogP contribution in [-0.2, 0) is 9.59 Å². The van der Waals surface area contributed by atoms with E-state index in [0.717, 1.165) is 15.4 Å². The normalized spacial score (nSPS) is 21.9. The Kier molecular flexibility index (Phi) is 6.59. The van der Waals surface area contributed by atoms with Gasteiger partial charge in [0.15, 0.2) is 16.7 Å². The van der Waals surface area contributed by atoms with Gasteiger partial charge >= 0.3 is 5.97 Å². The number of amidine groups is 1. The van der Waals surface area contributed by atoms with Crippen LogP contribution in [0.25, 0.3) is 0 Å². The lowest BCUT2D eigenvalue weighted by atomic mass is 10.3. The summed E-state index contributed by atoms with van der Waals surface area (Å²) in [6.45, 7) is 3.06. The monoisotopic (exact) mass is 456 g/mol. The molecular formula is C17H21BrN4O4S. The molecule has 2 atom stereocenters. The zero-order valence-electron chi connectivity index (χ0n) is 14.9. The van der Waals surface area contributed by atoms with Crippen LogP contribution in [0.5, 0.6) is 5.75 Å². The summed E-state index contributed by atoms with van der Waals surface area (Å²) in [6, 6.07) is 2.12. The Morgan fingerprint density at radius 2 is 2.30 bits per heavy atom. The molecule has 146 valence electrons. The van der Waals surface area contributed by atoms with Gasteiger partial charge in [-0.25, -0.2) is 4.98 Å². The van der Waals surface area contributed by atoms with E-state index in [9.17, 15) is 9.59 Å². The Labute approximate surface area is 169 Å². The third kappa shape index (κ3) is 5.58. The number of aliphatic carboxylic acids is 1. The van der Waals surface area contributed by atoms with E-state index in [-0.39, 0.29) is 30.9 Å². The molecule has 1 aromatic heterocycles. The van der Waals surface area contributed by atoms with E-state index < -0.39 is 5.97 Å². The molecule has 0 bridgehead atoms. The van der Waals surface area contributed by atoms with Crippen LogP contribution in [0.4, 0.5) is 5.82 Å². The number of likely N-dealkylation sites (tertiary alicyclic amines) is 1. The number of hydrogen-bond acceptors (Lipinski definition) is 7. The molecule has 0 radical (unpaired) electrons. The fourth-order valence-electron chi connectivity index (χ4n) is 2.85. The van der Waals surface area contributed by atoms with Crippen molar-refractivity contribution in [1.82, 2.24) is 9.88 Å². The number of hydrogen-bond donors (Lipinski definition) is 2. The van der Waals surface area contributed by atoms with Crippen molar-refractivity contribution in [1.29, 1.82) is 0 Å². The first-order valence-electron chi connectivity index (χ1n) is 8.70. The van der Waals surface area contributed by atoms with Crippen molar-refractivity contribution in [3.05, 3.63) is 16.7 Å². The van der Waals surface area contributed by atoms with Crippen molar-refractivity contribution < 1.29 is 19.4 Å². The number of carboxylic acids is 1. The molecule has 1 amide bonds. The molecule has 0 spiro atoms. The van der Waals surface area contributed by atoms with E-state index >= 15 is 0 Å². The molecule has 8 nitrogen and oxygen atoms in total. The molecule has 3 rings (SSSR count). The highest BCUT2D eigenvalue weighted by Crippen LogP contribution is 2.30. The Morgan fingerprint density at radius 1 is 1.48 bits per heavy atom. The summed E-state index contributed by atoms with van der Waals surface area (Å²) in [5.41, 5.74) is 0. The number of carbonyl (C=O) groups excluding carboxylic acids is 1. The maximum atomic E-state index is 12.1. The standard InChI is InChI=1S/C17H21BrN4O4S/c1-10-9-27-17(20-10)21-16-13(6-11(18)7-19-16)26-12-4-5-22(8-12)14(23)2-3-15(24)25/h6-7,10,12H,2-5,8-9H2,1H3,(H,24,25)(H,19,20,21). The number of rotatable bonds is 6. The van der Waals surface area contributed by atoms with Crippen LogP contribution in [-0.4, -0.2) is 63.0 Å². The lowest BCUT2D eigenvalue weighted by molar-refractivity contribution is -0.140. The highest BCUT2D eigenvalue weighted by molar-refractivity contribution is 9.10. The fraction of sp³-hybridized carbons (Fsp3) is 0.529. The smallest absolute Gasteiger partial charge is 0.303 e. The molecule has 1 fully saturated rings. The van der Waals surface area contributed by atoms with Crippen LogP contribution in [0.3, 0.4) is 0 Å². The quantitative estimate of drug-likeness (QED) is 0.677. The van der Waals surface area contributed by atoms with E-state index in [1.54, 1.807) is 22.9 Å². The lowest BCUT2D eigenvalue weighted by Gasteiger charge is -2.18. The van der Waals surface area contributed by atoms with Gasteiger partial charge in [0.1, 0.15) is 6.10 Å². The number of anilines is 1. The second-order valence-electron chi connectivity index (χ2n) is 6.48. The molecule has 0 aliphatic carbocycles. The number of pyridine rings is 1. The fourth-order valence-corrected chi connectivity index (χ4v) is 4.06. The molecule has 2 aliphatic heterocycles. The summed E-state index contributed by atoms with van der Waals surface area (Å²) in [6.07, 6.45) is 2.09. The number of nitrogens with one attached hydrogen (secondary N) is 1. The average Bonchev–Trinajstić information content (AvgIpc) is 3.24. The summed E-state index contributed by atoms with van der Waals surface area (Å²) in [7, 11) is 0. The zero-order valence-corrected chi connectivity index (χ0v) is 17.3. The molecule has 1 aromatic rings. The highest BCUT2D eigenvalue weighted by atomic mass is 79.9. The largest absolute Gasteiger partial charge is 0.485 e. The summed E-state index contributed by atoms with van der Waals surface area (Å²) >= 11 is 5.06. The van der Waals surface area contributed by atoms with Gasteiger partial charge in [0.25, 0.3) is 0 Å². The van der Waals surface area contributed by atoms with Crippen molar-refractivity contribution in [2.24, 2.45) is 4.99 Å². The van der Waals surface area contributed by atoms with Gasteiger partial charge in [0, 0.05) is 35.8 Å². The summed E-state index contributed by atoms with van der Waals surface area (Å²) in [5, 5.41) is 12.8. The number of halogens is 1. The Bertz CT molecular complexity index is 760. The Balaban J connectivity index is 1.62. The van der Waals surface area contributed by atoms with Crippen molar-refractivity contribution in [3.63, 3.8) is 0 Å². The van der Waals surface area contributed by atoms with Crippen LogP contribution in [0.15, 0.2) is 21.7 Å². The predicted molar refractivity (Wildman–Crippen MR) is 107 cm³/mol. The van der Waals surface area contributed by atoms with Crippen LogP contribution >= 0.6 is 27.7 Å². The molecule has 10 heteroatoms. The minimum atomic E-state index is -0.965. The van der Waals surface area contributed by atoms with Crippen molar-refractivity contribution in [2.75, 3.05) is 24.2 Å². The van der Waals surface area contributed by atoms with Gasteiger partial charge in [0.2, 0.25) is 5.91 Å². The lowest BCUT2D eigenvalue weighted by Crippen LogP contribution is -2.31. The third-order valence-corrected chi connectivity index (χ3v) is 5.75. The van der Waals surface area contributed by atoms with Gasteiger partial charge in [-0.3, -0.25) is 14.6 Å². The van der Waals surface area contributed by atoms with Crippen molar-refractivity contribution in [3.8, 4) is 5.75 Å². The SMILES string of the molecule is CC1CSC(Nc2ncc(Br)cc2OC2CCN(C(=O)CCC(=O)O)C2)=N1. The topological polar surface area (TPSA) is 104 Å². The first kappa shape index (κ1) is 19.9. The molecule has 1 saturated heterocycles. The highest BCUT2D eigenvalue weighted by Gasteiger charge is 2.28. The van der Waals surface area contributed by atoms with Crippen LogP contribution in [0.1, 0.15) is 26.2 Å². The molecule has 2 N–H and O–H groups in total. The molecule has 27 heavy (non-hydrogen) atoms.